The van der Waals surface area contributed by atoms with Gasteiger partial charge < -0.3 is 5.73 Å². The monoisotopic (exact) mass is 179 g/mol. The number of hydrogen-bond donors (Lipinski definition) is 1. The van der Waals surface area contributed by atoms with Crippen LogP contribution in [0, 0.1) is 0 Å². The van der Waals surface area contributed by atoms with Gasteiger partial charge in [0.05, 0.1) is 0 Å². The lowest BCUT2D eigenvalue weighted by atomic mass is 10.0. The maximum absolute atomic E-state index is 5.88. The SMILES string of the molecule is C[C@@H](N)c1cccc2c1CCS2. The summed E-state index contributed by atoms with van der Waals surface area (Å²) in [6, 6.07) is 6.63. The number of thioether (sulfide) groups is 1. The first-order valence-electron chi connectivity index (χ1n) is 4.29. The Kier molecular flexibility index (Phi) is 2.11. The second-order valence-electron chi connectivity index (χ2n) is 3.21. The van der Waals surface area contributed by atoms with E-state index in [1.54, 1.807) is 0 Å². The molecule has 1 heterocycles. The van der Waals surface area contributed by atoms with Crippen molar-refractivity contribution < 1.29 is 0 Å². The van der Waals surface area contributed by atoms with Crippen molar-refractivity contribution in [3.63, 3.8) is 0 Å². The molecule has 12 heavy (non-hydrogen) atoms. The number of benzene rings is 1. The number of fused-ring (bicyclic) bond motifs is 1. The highest BCUT2D eigenvalue weighted by Crippen LogP contribution is 2.34. The summed E-state index contributed by atoms with van der Waals surface area (Å²) >= 11 is 1.94. The van der Waals surface area contributed by atoms with Crippen LogP contribution >= 0.6 is 11.8 Å². The Morgan fingerprint density at radius 3 is 3.08 bits per heavy atom. The zero-order chi connectivity index (χ0) is 8.55. The smallest absolute Gasteiger partial charge is 0.0269 e. The minimum Gasteiger partial charge on any atom is -0.324 e. The second kappa shape index (κ2) is 3.11. The number of nitrogens with two attached hydrogens (primary N) is 1. The van der Waals surface area contributed by atoms with Gasteiger partial charge in [-0.15, -0.1) is 11.8 Å². The molecule has 0 aromatic heterocycles. The predicted molar refractivity (Wildman–Crippen MR) is 53.5 cm³/mol. The van der Waals surface area contributed by atoms with Crippen LogP contribution < -0.4 is 5.73 Å². The minimum absolute atomic E-state index is 0.179. The van der Waals surface area contributed by atoms with E-state index in [9.17, 15) is 0 Å². The Balaban J connectivity index is 2.49. The van der Waals surface area contributed by atoms with E-state index in [1.165, 1.54) is 28.2 Å². The summed E-state index contributed by atoms with van der Waals surface area (Å²) in [5.41, 5.74) is 8.69. The molecule has 0 aliphatic carbocycles. The standard InChI is InChI=1S/C10H13NS/c1-7(11)8-3-2-4-10-9(8)5-6-12-10/h2-4,7H,5-6,11H2,1H3/t7-/m1/s1. The maximum Gasteiger partial charge on any atom is 0.0269 e. The molecule has 1 atom stereocenters. The minimum atomic E-state index is 0.179. The van der Waals surface area contributed by atoms with Crippen LogP contribution in [-0.4, -0.2) is 5.75 Å². The van der Waals surface area contributed by atoms with Gasteiger partial charge in [0.1, 0.15) is 0 Å². The summed E-state index contributed by atoms with van der Waals surface area (Å²) in [5.74, 6) is 1.22. The number of hydrogen-bond acceptors (Lipinski definition) is 2. The molecule has 1 aromatic carbocycles. The Bertz CT molecular complexity index is 294. The highest BCUT2D eigenvalue weighted by atomic mass is 32.2. The van der Waals surface area contributed by atoms with Gasteiger partial charge in [-0.25, -0.2) is 0 Å². The van der Waals surface area contributed by atoms with Crippen molar-refractivity contribution in [3.05, 3.63) is 29.3 Å². The molecular formula is C10H13NS. The van der Waals surface area contributed by atoms with Crippen LogP contribution in [0.1, 0.15) is 24.1 Å². The Hall–Kier alpha value is -0.470. The normalized spacial score (nSPS) is 17.5. The molecule has 0 fully saturated rings. The van der Waals surface area contributed by atoms with Crippen molar-refractivity contribution in [3.8, 4) is 0 Å². The van der Waals surface area contributed by atoms with Crippen LogP contribution in [0.25, 0.3) is 0 Å². The Morgan fingerprint density at radius 1 is 1.50 bits per heavy atom. The van der Waals surface area contributed by atoms with Gasteiger partial charge >= 0.3 is 0 Å². The summed E-state index contributed by atoms with van der Waals surface area (Å²) < 4.78 is 0. The summed E-state index contributed by atoms with van der Waals surface area (Å²) in [4.78, 5) is 1.44. The first-order valence-corrected chi connectivity index (χ1v) is 5.28. The highest BCUT2D eigenvalue weighted by molar-refractivity contribution is 7.99. The van der Waals surface area contributed by atoms with Crippen LogP contribution in [0.15, 0.2) is 23.1 Å². The van der Waals surface area contributed by atoms with Crippen molar-refractivity contribution in [1.82, 2.24) is 0 Å². The van der Waals surface area contributed by atoms with Crippen molar-refractivity contribution in [1.29, 1.82) is 0 Å². The van der Waals surface area contributed by atoms with Crippen molar-refractivity contribution in [2.75, 3.05) is 5.75 Å². The van der Waals surface area contributed by atoms with Gasteiger partial charge in [-0.2, -0.15) is 0 Å². The van der Waals surface area contributed by atoms with Gasteiger partial charge in [0, 0.05) is 16.7 Å². The molecule has 1 aromatic rings. The molecule has 0 unspecified atom stereocenters. The van der Waals surface area contributed by atoms with E-state index < -0.39 is 0 Å². The van der Waals surface area contributed by atoms with E-state index in [-0.39, 0.29) is 6.04 Å². The summed E-state index contributed by atoms with van der Waals surface area (Å²) in [6.45, 7) is 2.05. The lowest BCUT2D eigenvalue weighted by Gasteiger charge is -2.10. The molecule has 1 aliphatic heterocycles. The third-order valence-electron chi connectivity index (χ3n) is 2.27. The van der Waals surface area contributed by atoms with E-state index in [1.807, 2.05) is 11.8 Å². The second-order valence-corrected chi connectivity index (χ2v) is 4.35. The van der Waals surface area contributed by atoms with Crippen LogP contribution in [0.5, 0.6) is 0 Å². The summed E-state index contributed by atoms with van der Waals surface area (Å²) in [5, 5.41) is 0. The first kappa shape index (κ1) is 8.14. The van der Waals surface area contributed by atoms with E-state index >= 15 is 0 Å². The predicted octanol–water partition coefficient (Wildman–Crippen LogP) is 2.35. The molecule has 2 N–H and O–H groups in total. The van der Waals surface area contributed by atoms with Gasteiger partial charge in [0.25, 0.3) is 0 Å². The molecule has 64 valence electrons. The molecule has 0 bridgehead atoms. The molecule has 1 aliphatic rings. The van der Waals surface area contributed by atoms with Gasteiger partial charge in [0.15, 0.2) is 0 Å². The zero-order valence-corrected chi connectivity index (χ0v) is 8.03. The molecule has 2 rings (SSSR count). The van der Waals surface area contributed by atoms with E-state index in [4.69, 9.17) is 5.73 Å². The van der Waals surface area contributed by atoms with Gasteiger partial charge in [-0.3, -0.25) is 0 Å². The molecule has 0 spiro atoms. The third kappa shape index (κ3) is 1.25. The van der Waals surface area contributed by atoms with Crippen LogP contribution in [-0.2, 0) is 6.42 Å². The first-order chi connectivity index (χ1) is 5.79. The lowest BCUT2D eigenvalue weighted by Crippen LogP contribution is -2.07. The van der Waals surface area contributed by atoms with Crippen molar-refractivity contribution in [2.45, 2.75) is 24.3 Å². The van der Waals surface area contributed by atoms with Crippen molar-refractivity contribution in [2.24, 2.45) is 5.73 Å². The Morgan fingerprint density at radius 2 is 2.33 bits per heavy atom. The molecule has 0 saturated carbocycles. The zero-order valence-electron chi connectivity index (χ0n) is 7.21. The fourth-order valence-electron chi connectivity index (χ4n) is 1.68. The van der Waals surface area contributed by atoms with Gasteiger partial charge in [0.2, 0.25) is 0 Å². The molecule has 1 nitrogen and oxygen atoms in total. The van der Waals surface area contributed by atoms with Gasteiger partial charge in [-0.1, -0.05) is 12.1 Å². The molecule has 0 radical (unpaired) electrons. The fourth-order valence-corrected chi connectivity index (χ4v) is 2.77. The topological polar surface area (TPSA) is 26.0 Å². The summed E-state index contributed by atoms with van der Waals surface area (Å²) in [6.07, 6.45) is 1.19. The average molecular weight is 179 g/mol. The quantitative estimate of drug-likeness (QED) is 0.716. The van der Waals surface area contributed by atoms with Crippen LogP contribution in [0.3, 0.4) is 0 Å². The highest BCUT2D eigenvalue weighted by Gasteiger charge is 2.16. The van der Waals surface area contributed by atoms with Gasteiger partial charge in [-0.05, 0) is 30.5 Å². The average Bonchev–Trinajstić information content (AvgIpc) is 2.49. The van der Waals surface area contributed by atoms with E-state index in [0.29, 0.717) is 0 Å². The van der Waals surface area contributed by atoms with Crippen LogP contribution in [0.4, 0.5) is 0 Å². The van der Waals surface area contributed by atoms with E-state index in [2.05, 4.69) is 25.1 Å². The third-order valence-corrected chi connectivity index (χ3v) is 3.37. The van der Waals surface area contributed by atoms with Crippen LogP contribution in [0.2, 0.25) is 0 Å². The number of rotatable bonds is 1. The summed E-state index contributed by atoms with van der Waals surface area (Å²) in [7, 11) is 0. The van der Waals surface area contributed by atoms with E-state index in [0.717, 1.165) is 0 Å². The molecule has 2 heteroatoms. The lowest BCUT2D eigenvalue weighted by molar-refractivity contribution is 0.798. The molecule has 0 saturated heterocycles. The molecular weight excluding hydrogens is 166 g/mol. The molecule has 0 amide bonds. The fraction of sp³-hybridized carbons (Fsp3) is 0.400. The largest absolute Gasteiger partial charge is 0.324 e. The van der Waals surface area contributed by atoms with Crippen molar-refractivity contribution >= 4 is 11.8 Å². The Labute approximate surface area is 77.3 Å². The maximum atomic E-state index is 5.88.